The van der Waals surface area contributed by atoms with Crippen molar-refractivity contribution in [3.8, 4) is 0 Å². The predicted molar refractivity (Wildman–Crippen MR) is 66.7 cm³/mol. The van der Waals surface area contributed by atoms with Crippen LogP contribution in [0.4, 0.5) is 0 Å². The first kappa shape index (κ1) is 16.9. The summed E-state index contributed by atoms with van der Waals surface area (Å²) in [6.07, 6.45) is -0.800. The molecule has 1 N–H and O–H groups in total. The minimum Gasteiger partial charge on any atom is -0.481 e. The normalized spacial score (nSPS) is 24.5. The molecule has 118 valence electrons. The molecule has 21 heavy (non-hydrogen) atoms. The van der Waals surface area contributed by atoms with Gasteiger partial charge in [-0.3, -0.25) is 19.2 Å². The molecule has 0 aromatic heterocycles. The molecule has 0 aromatic carbocycles. The van der Waals surface area contributed by atoms with Crippen molar-refractivity contribution >= 4 is 23.9 Å². The number of carboxylic acids is 1. The van der Waals surface area contributed by atoms with E-state index in [-0.39, 0.29) is 12.8 Å². The van der Waals surface area contributed by atoms with Crippen LogP contribution < -0.4 is 0 Å². The van der Waals surface area contributed by atoms with Gasteiger partial charge in [-0.15, -0.1) is 0 Å². The summed E-state index contributed by atoms with van der Waals surface area (Å²) in [6.45, 7) is 2.25. The average Bonchev–Trinajstić information content (AvgIpc) is 2.80. The van der Waals surface area contributed by atoms with Gasteiger partial charge in [-0.25, -0.2) is 0 Å². The smallest absolute Gasteiger partial charge is 0.309 e. The van der Waals surface area contributed by atoms with Gasteiger partial charge >= 0.3 is 23.9 Å². The van der Waals surface area contributed by atoms with Crippen LogP contribution in [0.3, 0.4) is 0 Å². The van der Waals surface area contributed by atoms with Gasteiger partial charge in [0.2, 0.25) is 0 Å². The monoisotopic (exact) mass is 302 g/mol. The maximum atomic E-state index is 11.6. The summed E-state index contributed by atoms with van der Waals surface area (Å²) in [5, 5.41) is 9.33. The number of ether oxygens (including phenoxy) is 3. The third-order valence-corrected chi connectivity index (χ3v) is 3.41. The third kappa shape index (κ3) is 4.17. The number of rotatable bonds is 5. The molecule has 0 aliphatic heterocycles. The van der Waals surface area contributed by atoms with Gasteiger partial charge in [0, 0.05) is 19.8 Å². The van der Waals surface area contributed by atoms with Crippen molar-refractivity contribution in [2.45, 2.75) is 33.0 Å². The van der Waals surface area contributed by atoms with E-state index in [1.807, 2.05) is 0 Å². The number of methoxy groups -OCH3 is 1. The second kappa shape index (κ2) is 7.05. The first-order valence-electron chi connectivity index (χ1n) is 6.43. The zero-order valence-corrected chi connectivity index (χ0v) is 12.0. The van der Waals surface area contributed by atoms with Crippen molar-refractivity contribution in [1.29, 1.82) is 0 Å². The van der Waals surface area contributed by atoms with Crippen molar-refractivity contribution in [2.24, 2.45) is 17.8 Å². The summed E-state index contributed by atoms with van der Waals surface area (Å²) in [6, 6.07) is 0. The molecule has 0 aromatic rings. The first-order chi connectivity index (χ1) is 9.77. The van der Waals surface area contributed by atoms with E-state index in [4.69, 9.17) is 9.47 Å². The van der Waals surface area contributed by atoms with Crippen LogP contribution >= 0.6 is 0 Å². The fraction of sp³-hybridized carbons (Fsp3) is 0.692. The number of carbonyl (C=O) groups excluding carboxylic acids is 3. The molecule has 3 atom stereocenters. The van der Waals surface area contributed by atoms with Gasteiger partial charge in [0.15, 0.2) is 0 Å². The lowest BCUT2D eigenvalue weighted by Crippen LogP contribution is -2.39. The van der Waals surface area contributed by atoms with E-state index >= 15 is 0 Å². The Bertz CT molecular complexity index is 427. The lowest BCUT2D eigenvalue weighted by Gasteiger charge is -2.26. The molecule has 1 rings (SSSR count). The topological polar surface area (TPSA) is 116 Å². The largest absolute Gasteiger partial charge is 0.481 e. The van der Waals surface area contributed by atoms with E-state index in [1.165, 1.54) is 7.11 Å². The molecule has 1 aliphatic carbocycles. The first-order valence-corrected chi connectivity index (χ1v) is 6.43. The standard InChI is InChI=1S/C13H18O8/c1-6(14)20-13(21-7(2)15)9-5-4-8(12(18)19-3)10(9)11(16)17/h8-10,13H,4-5H2,1-3H3,(H,16,17)/t8-,9+,10+/m0/s1. The molecule has 8 heteroatoms. The molecule has 1 saturated carbocycles. The van der Waals surface area contributed by atoms with Crippen LogP contribution in [0.15, 0.2) is 0 Å². The molecule has 0 unspecified atom stereocenters. The highest BCUT2D eigenvalue weighted by molar-refractivity contribution is 5.82. The van der Waals surface area contributed by atoms with Gasteiger partial charge in [0.25, 0.3) is 6.29 Å². The van der Waals surface area contributed by atoms with Crippen LogP contribution in [0.1, 0.15) is 26.7 Å². The van der Waals surface area contributed by atoms with E-state index in [0.29, 0.717) is 0 Å². The highest BCUT2D eigenvalue weighted by Gasteiger charge is 2.50. The van der Waals surface area contributed by atoms with Crippen molar-refractivity contribution in [2.75, 3.05) is 7.11 Å². The van der Waals surface area contributed by atoms with Crippen molar-refractivity contribution < 1.29 is 38.5 Å². The fourth-order valence-corrected chi connectivity index (χ4v) is 2.63. The Morgan fingerprint density at radius 3 is 1.95 bits per heavy atom. The molecule has 0 amide bonds. The number of esters is 3. The van der Waals surface area contributed by atoms with Gasteiger partial charge in [-0.1, -0.05) is 0 Å². The van der Waals surface area contributed by atoms with Crippen LogP contribution in [-0.2, 0) is 33.4 Å². The fourth-order valence-electron chi connectivity index (χ4n) is 2.63. The van der Waals surface area contributed by atoms with Crippen LogP contribution in [0.2, 0.25) is 0 Å². The molecular formula is C13H18O8. The molecule has 0 saturated heterocycles. The Kier molecular flexibility index (Phi) is 5.69. The van der Waals surface area contributed by atoms with Gasteiger partial charge in [0.1, 0.15) is 0 Å². The van der Waals surface area contributed by atoms with E-state index in [9.17, 15) is 24.3 Å². The lowest BCUT2D eigenvalue weighted by molar-refractivity contribution is -0.200. The number of carboxylic acid groups (broad SMARTS) is 1. The molecule has 0 heterocycles. The number of carbonyl (C=O) groups is 4. The van der Waals surface area contributed by atoms with Gasteiger partial charge in [-0.2, -0.15) is 0 Å². The summed E-state index contributed by atoms with van der Waals surface area (Å²) in [5.41, 5.74) is 0. The van der Waals surface area contributed by atoms with E-state index < -0.39 is 47.9 Å². The third-order valence-electron chi connectivity index (χ3n) is 3.41. The maximum absolute atomic E-state index is 11.6. The van der Waals surface area contributed by atoms with Crippen molar-refractivity contribution in [3.05, 3.63) is 0 Å². The van der Waals surface area contributed by atoms with Crippen LogP contribution in [0.5, 0.6) is 0 Å². The molecule has 0 bridgehead atoms. The summed E-state index contributed by atoms with van der Waals surface area (Å²) in [4.78, 5) is 45.2. The summed E-state index contributed by atoms with van der Waals surface area (Å²) < 4.78 is 14.4. The van der Waals surface area contributed by atoms with E-state index in [0.717, 1.165) is 13.8 Å². The number of aliphatic carboxylic acids is 1. The molecule has 1 fully saturated rings. The second-order valence-electron chi connectivity index (χ2n) is 4.82. The van der Waals surface area contributed by atoms with Gasteiger partial charge < -0.3 is 19.3 Å². The molecule has 1 aliphatic rings. The Hall–Kier alpha value is -2.12. The summed E-state index contributed by atoms with van der Waals surface area (Å²) in [5.74, 6) is -6.06. The van der Waals surface area contributed by atoms with Gasteiger partial charge in [-0.05, 0) is 12.8 Å². The lowest BCUT2D eigenvalue weighted by atomic mass is 9.89. The highest BCUT2D eigenvalue weighted by Crippen LogP contribution is 2.41. The summed E-state index contributed by atoms with van der Waals surface area (Å²) in [7, 11) is 1.17. The quantitative estimate of drug-likeness (QED) is 0.570. The van der Waals surface area contributed by atoms with Crippen molar-refractivity contribution in [3.63, 3.8) is 0 Å². The molecule has 0 radical (unpaired) electrons. The second-order valence-corrected chi connectivity index (χ2v) is 4.82. The Balaban J connectivity index is 3.00. The molecule has 0 spiro atoms. The van der Waals surface area contributed by atoms with Crippen LogP contribution in [-0.4, -0.2) is 42.4 Å². The zero-order valence-electron chi connectivity index (χ0n) is 12.0. The maximum Gasteiger partial charge on any atom is 0.309 e. The van der Waals surface area contributed by atoms with E-state index in [2.05, 4.69) is 4.74 Å². The highest BCUT2D eigenvalue weighted by atomic mass is 16.7. The minimum absolute atomic E-state index is 0.257. The Labute approximate surface area is 121 Å². The molecular weight excluding hydrogens is 284 g/mol. The Morgan fingerprint density at radius 1 is 1.05 bits per heavy atom. The van der Waals surface area contributed by atoms with Crippen molar-refractivity contribution in [1.82, 2.24) is 0 Å². The predicted octanol–water partition coefficient (Wildman–Crippen LogP) is 0.339. The van der Waals surface area contributed by atoms with Gasteiger partial charge in [0.05, 0.1) is 18.9 Å². The molecule has 8 nitrogen and oxygen atoms in total. The Morgan fingerprint density at radius 2 is 1.57 bits per heavy atom. The average molecular weight is 302 g/mol. The zero-order chi connectivity index (χ0) is 16.2. The van der Waals surface area contributed by atoms with E-state index in [1.54, 1.807) is 0 Å². The minimum atomic E-state index is -1.32. The van der Waals surface area contributed by atoms with Crippen LogP contribution in [0, 0.1) is 17.8 Å². The number of hydrogen-bond acceptors (Lipinski definition) is 7. The SMILES string of the molecule is COC(=O)[C@H]1CC[C@@H](C(OC(C)=O)OC(C)=O)[C@@H]1C(=O)O. The summed E-state index contributed by atoms with van der Waals surface area (Å²) >= 11 is 0. The van der Waals surface area contributed by atoms with Crippen LogP contribution in [0.25, 0.3) is 0 Å². The number of hydrogen-bond donors (Lipinski definition) is 1.